The number of rotatable bonds is 2. The van der Waals surface area contributed by atoms with Crippen LogP contribution in [0.2, 0.25) is 10.0 Å². The van der Waals surface area contributed by atoms with Crippen LogP contribution in [0.1, 0.15) is 5.56 Å². The molecule has 0 aliphatic carbocycles. The highest BCUT2D eigenvalue weighted by Gasteiger charge is 2.22. The molecule has 0 bridgehead atoms. The largest absolute Gasteiger partial charge is 0.353 e. The average Bonchev–Trinajstić information content (AvgIpc) is 2.27. The highest BCUT2D eigenvalue weighted by atomic mass is 35.5. The highest BCUT2D eigenvalue weighted by Crippen LogP contribution is 2.22. The fraction of sp³-hybridized carbons (Fsp3) is 0.364. The molecular weight excluding hydrogens is 247 g/mol. The molecule has 3 nitrogen and oxygen atoms in total. The minimum Gasteiger partial charge on any atom is -0.353 e. The van der Waals surface area contributed by atoms with Gasteiger partial charge < -0.3 is 10.6 Å². The molecule has 1 saturated heterocycles. The van der Waals surface area contributed by atoms with E-state index in [-0.39, 0.29) is 11.9 Å². The van der Waals surface area contributed by atoms with Gasteiger partial charge >= 0.3 is 0 Å². The predicted molar refractivity (Wildman–Crippen MR) is 65.0 cm³/mol. The Kier molecular flexibility index (Phi) is 3.69. The van der Waals surface area contributed by atoms with Crippen molar-refractivity contribution in [1.29, 1.82) is 0 Å². The summed E-state index contributed by atoms with van der Waals surface area (Å²) in [7, 11) is 0. The van der Waals surface area contributed by atoms with Gasteiger partial charge in [-0.3, -0.25) is 4.79 Å². The minimum atomic E-state index is -0.218. The van der Waals surface area contributed by atoms with Crippen molar-refractivity contribution in [2.45, 2.75) is 12.5 Å². The van der Waals surface area contributed by atoms with Crippen molar-refractivity contribution < 1.29 is 4.79 Å². The number of nitrogens with one attached hydrogen (secondary N) is 2. The van der Waals surface area contributed by atoms with Gasteiger partial charge in [-0.05, 0) is 30.2 Å². The Bertz CT molecular complexity index is 409. The lowest BCUT2D eigenvalue weighted by Crippen LogP contribution is -2.53. The van der Waals surface area contributed by atoms with E-state index in [0.29, 0.717) is 23.0 Å². The molecular formula is C11H12Cl2N2O. The van der Waals surface area contributed by atoms with E-state index < -0.39 is 0 Å². The summed E-state index contributed by atoms with van der Waals surface area (Å²) in [4.78, 5) is 11.5. The van der Waals surface area contributed by atoms with Crippen LogP contribution in [0.4, 0.5) is 0 Å². The quantitative estimate of drug-likeness (QED) is 0.847. The van der Waals surface area contributed by atoms with Crippen LogP contribution in [0.15, 0.2) is 18.2 Å². The minimum absolute atomic E-state index is 0.0160. The summed E-state index contributed by atoms with van der Waals surface area (Å²) < 4.78 is 0. The van der Waals surface area contributed by atoms with Crippen LogP contribution in [0.3, 0.4) is 0 Å². The van der Waals surface area contributed by atoms with Crippen molar-refractivity contribution in [3.8, 4) is 0 Å². The third kappa shape index (κ3) is 2.67. The average molecular weight is 259 g/mol. The van der Waals surface area contributed by atoms with Crippen molar-refractivity contribution in [2.75, 3.05) is 13.1 Å². The molecule has 86 valence electrons. The Hall–Kier alpha value is -0.770. The maximum absolute atomic E-state index is 11.5. The van der Waals surface area contributed by atoms with Crippen LogP contribution in [-0.4, -0.2) is 25.0 Å². The van der Waals surface area contributed by atoms with Crippen LogP contribution >= 0.6 is 23.2 Å². The third-order valence-electron chi connectivity index (χ3n) is 2.56. The molecule has 1 amide bonds. The van der Waals surface area contributed by atoms with Crippen LogP contribution in [0.5, 0.6) is 0 Å². The van der Waals surface area contributed by atoms with Gasteiger partial charge in [-0.2, -0.15) is 0 Å². The van der Waals surface area contributed by atoms with E-state index in [1.54, 1.807) is 18.2 Å². The molecule has 2 N–H and O–H groups in total. The number of piperazine rings is 1. The molecule has 1 aliphatic heterocycles. The molecule has 1 unspecified atom stereocenters. The summed E-state index contributed by atoms with van der Waals surface area (Å²) in [6.07, 6.45) is 0.561. The summed E-state index contributed by atoms with van der Waals surface area (Å²) in [6, 6.07) is 5.07. The Labute approximate surface area is 104 Å². The molecule has 0 spiro atoms. The van der Waals surface area contributed by atoms with Gasteiger partial charge in [-0.25, -0.2) is 0 Å². The van der Waals surface area contributed by atoms with Crippen molar-refractivity contribution >= 4 is 29.1 Å². The normalized spacial score (nSPS) is 20.6. The molecule has 0 saturated carbocycles. The molecule has 1 heterocycles. The van der Waals surface area contributed by atoms with E-state index in [9.17, 15) is 4.79 Å². The summed E-state index contributed by atoms with van der Waals surface area (Å²) in [5.74, 6) is 0.0160. The van der Waals surface area contributed by atoms with E-state index in [2.05, 4.69) is 10.6 Å². The zero-order valence-corrected chi connectivity index (χ0v) is 10.1. The van der Waals surface area contributed by atoms with E-state index in [1.807, 2.05) is 0 Å². The lowest BCUT2D eigenvalue weighted by molar-refractivity contribution is -0.124. The number of benzene rings is 1. The second-order valence-electron chi connectivity index (χ2n) is 3.74. The highest BCUT2D eigenvalue weighted by molar-refractivity contribution is 6.33. The van der Waals surface area contributed by atoms with Gasteiger partial charge in [0.25, 0.3) is 0 Å². The number of hydrogen-bond donors (Lipinski definition) is 2. The van der Waals surface area contributed by atoms with Gasteiger partial charge in [0, 0.05) is 23.1 Å². The number of carbonyl (C=O) groups is 1. The number of amides is 1. The first kappa shape index (κ1) is 11.7. The van der Waals surface area contributed by atoms with Gasteiger partial charge in [-0.15, -0.1) is 0 Å². The smallest absolute Gasteiger partial charge is 0.237 e. The van der Waals surface area contributed by atoms with Crippen LogP contribution in [0.25, 0.3) is 0 Å². The second kappa shape index (κ2) is 5.04. The van der Waals surface area contributed by atoms with E-state index in [0.717, 1.165) is 12.1 Å². The molecule has 16 heavy (non-hydrogen) atoms. The predicted octanol–water partition coefficient (Wildman–Crippen LogP) is 1.62. The number of hydrogen-bond acceptors (Lipinski definition) is 2. The molecule has 1 aliphatic rings. The number of carbonyl (C=O) groups excluding carboxylic acids is 1. The van der Waals surface area contributed by atoms with Gasteiger partial charge in [0.1, 0.15) is 0 Å². The Morgan fingerprint density at radius 2 is 2.12 bits per heavy atom. The first-order chi connectivity index (χ1) is 7.66. The van der Waals surface area contributed by atoms with E-state index in [1.165, 1.54) is 0 Å². The van der Waals surface area contributed by atoms with Gasteiger partial charge in [-0.1, -0.05) is 23.2 Å². The fourth-order valence-electron chi connectivity index (χ4n) is 1.73. The van der Waals surface area contributed by atoms with E-state index in [4.69, 9.17) is 23.2 Å². The Morgan fingerprint density at radius 1 is 1.31 bits per heavy atom. The van der Waals surface area contributed by atoms with Crippen molar-refractivity contribution in [2.24, 2.45) is 0 Å². The molecule has 1 aromatic rings. The van der Waals surface area contributed by atoms with Gasteiger partial charge in [0.15, 0.2) is 0 Å². The molecule has 2 rings (SSSR count). The second-order valence-corrected chi connectivity index (χ2v) is 4.58. The molecule has 1 fully saturated rings. The summed E-state index contributed by atoms with van der Waals surface area (Å²) in [6.45, 7) is 1.47. The molecule has 1 aromatic carbocycles. The van der Waals surface area contributed by atoms with Crippen molar-refractivity contribution in [1.82, 2.24) is 10.6 Å². The molecule has 1 atom stereocenters. The maximum atomic E-state index is 11.5. The molecule has 5 heteroatoms. The lowest BCUT2D eigenvalue weighted by Gasteiger charge is -2.23. The summed E-state index contributed by atoms with van der Waals surface area (Å²) in [5.41, 5.74) is 0.892. The topological polar surface area (TPSA) is 41.1 Å². The lowest BCUT2D eigenvalue weighted by atomic mass is 10.0. The van der Waals surface area contributed by atoms with Crippen molar-refractivity contribution in [3.05, 3.63) is 33.8 Å². The summed E-state index contributed by atoms with van der Waals surface area (Å²) in [5, 5.41) is 7.24. The zero-order chi connectivity index (χ0) is 11.5. The standard InChI is InChI=1S/C11H12Cl2N2O/c12-8-1-2-9(13)7(5-8)6-10-11(16)15-4-3-14-10/h1-2,5,10,14H,3-4,6H2,(H,15,16). The molecule has 0 aromatic heterocycles. The zero-order valence-electron chi connectivity index (χ0n) is 8.59. The third-order valence-corrected chi connectivity index (χ3v) is 3.17. The molecule has 0 radical (unpaired) electrons. The fourth-order valence-corrected chi connectivity index (χ4v) is 2.12. The monoisotopic (exact) mass is 258 g/mol. The first-order valence-electron chi connectivity index (χ1n) is 5.12. The van der Waals surface area contributed by atoms with Crippen molar-refractivity contribution in [3.63, 3.8) is 0 Å². The maximum Gasteiger partial charge on any atom is 0.237 e. The number of halogens is 2. The Morgan fingerprint density at radius 3 is 2.88 bits per heavy atom. The van der Waals surface area contributed by atoms with Gasteiger partial charge in [0.05, 0.1) is 6.04 Å². The van der Waals surface area contributed by atoms with Crippen LogP contribution in [-0.2, 0) is 11.2 Å². The Balaban J connectivity index is 2.13. The summed E-state index contributed by atoms with van der Waals surface area (Å²) >= 11 is 11.9. The van der Waals surface area contributed by atoms with Gasteiger partial charge in [0.2, 0.25) is 5.91 Å². The van der Waals surface area contributed by atoms with E-state index >= 15 is 0 Å². The van der Waals surface area contributed by atoms with Crippen LogP contribution in [0, 0.1) is 0 Å². The SMILES string of the molecule is O=C1NCCNC1Cc1cc(Cl)ccc1Cl. The van der Waals surface area contributed by atoms with Crippen LogP contribution < -0.4 is 10.6 Å². The first-order valence-corrected chi connectivity index (χ1v) is 5.87.